The maximum absolute atomic E-state index is 12.5. The lowest BCUT2D eigenvalue weighted by atomic mass is 9.77. The lowest BCUT2D eigenvalue weighted by Crippen LogP contribution is -2.53. The molecule has 0 aliphatic heterocycles. The van der Waals surface area contributed by atoms with E-state index in [1.54, 1.807) is 10.7 Å². The monoisotopic (exact) mass is 279 g/mol. The van der Waals surface area contributed by atoms with E-state index >= 15 is 0 Å². The van der Waals surface area contributed by atoms with Crippen molar-refractivity contribution >= 4 is 5.91 Å². The molecule has 0 saturated heterocycles. The summed E-state index contributed by atoms with van der Waals surface area (Å²) in [4.78, 5) is 12.5. The zero-order chi connectivity index (χ0) is 14.8. The van der Waals surface area contributed by atoms with Crippen molar-refractivity contribution < 1.29 is 9.90 Å². The van der Waals surface area contributed by atoms with E-state index < -0.39 is 5.54 Å². The summed E-state index contributed by atoms with van der Waals surface area (Å²) in [5.74, 6) is 0.547. The Bertz CT molecular complexity index is 473. The summed E-state index contributed by atoms with van der Waals surface area (Å²) in [6, 6.07) is 1.80. The quantitative estimate of drug-likeness (QED) is 0.884. The molecule has 0 spiro atoms. The number of aromatic nitrogens is 2. The highest BCUT2D eigenvalue weighted by Gasteiger charge is 2.35. The Morgan fingerprint density at radius 3 is 2.75 bits per heavy atom. The van der Waals surface area contributed by atoms with Crippen LogP contribution < -0.4 is 5.32 Å². The molecule has 0 bridgehead atoms. The van der Waals surface area contributed by atoms with Gasteiger partial charge in [0, 0.05) is 6.54 Å². The fraction of sp³-hybridized carbons (Fsp3) is 0.733. The smallest absolute Gasteiger partial charge is 0.270 e. The molecule has 1 aromatic heterocycles. The molecule has 1 aromatic rings. The van der Waals surface area contributed by atoms with Crippen LogP contribution in [0.4, 0.5) is 0 Å². The highest BCUT2D eigenvalue weighted by atomic mass is 16.3. The third-order valence-corrected chi connectivity index (χ3v) is 4.35. The number of aliphatic hydroxyl groups is 1. The van der Waals surface area contributed by atoms with Gasteiger partial charge in [0.05, 0.1) is 17.8 Å². The van der Waals surface area contributed by atoms with Gasteiger partial charge in [0.15, 0.2) is 0 Å². The predicted molar refractivity (Wildman–Crippen MR) is 77.6 cm³/mol. The summed E-state index contributed by atoms with van der Waals surface area (Å²) in [5.41, 5.74) is 0.962. The standard InChI is InChI=1S/C15H25N3O2/c1-4-18-13(9-12(3)17-18)14(20)16-15(10-19)7-5-11(2)6-8-15/h9,11,19H,4-8,10H2,1-3H3,(H,16,20). The number of carbonyl (C=O) groups excluding carboxylic acids is 1. The van der Waals surface area contributed by atoms with Crippen molar-refractivity contribution in [3.8, 4) is 0 Å². The number of hydrogen-bond donors (Lipinski definition) is 2. The third kappa shape index (κ3) is 3.03. The van der Waals surface area contributed by atoms with Crippen LogP contribution in [0.15, 0.2) is 6.07 Å². The van der Waals surface area contributed by atoms with Gasteiger partial charge >= 0.3 is 0 Å². The van der Waals surface area contributed by atoms with Crippen LogP contribution in [-0.4, -0.2) is 32.9 Å². The van der Waals surface area contributed by atoms with E-state index in [4.69, 9.17) is 0 Å². The van der Waals surface area contributed by atoms with Crippen LogP contribution in [0.1, 0.15) is 55.7 Å². The minimum Gasteiger partial charge on any atom is -0.394 e. The maximum Gasteiger partial charge on any atom is 0.270 e. The maximum atomic E-state index is 12.5. The highest BCUT2D eigenvalue weighted by Crippen LogP contribution is 2.31. The van der Waals surface area contributed by atoms with Crippen molar-refractivity contribution in [1.82, 2.24) is 15.1 Å². The number of carbonyl (C=O) groups is 1. The molecule has 0 radical (unpaired) electrons. The summed E-state index contributed by atoms with van der Waals surface area (Å²) in [5, 5.41) is 17.1. The van der Waals surface area contributed by atoms with Gasteiger partial charge in [0.25, 0.3) is 5.91 Å². The van der Waals surface area contributed by atoms with Gasteiger partial charge in [-0.15, -0.1) is 0 Å². The average molecular weight is 279 g/mol. The van der Waals surface area contributed by atoms with Crippen LogP contribution in [0.3, 0.4) is 0 Å². The molecule has 1 fully saturated rings. The predicted octanol–water partition coefficient (Wildman–Crippen LogP) is 1.88. The Labute approximate surface area is 120 Å². The number of aliphatic hydroxyl groups excluding tert-OH is 1. The summed E-state index contributed by atoms with van der Waals surface area (Å²) in [6.07, 6.45) is 3.78. The van der Waals surface area contributed by atoms with Crippen molar-refractivity contribution in [2.75, 3.05) is 6.61 Å². The molecule has 2 rings (SSSR count). The summed E-state index contributed by atoms with van der Waals surface area (Å²) in [6.45, 7) is 6.74. The second kappa shape index (κ2) is 5.95. The van der Waals surface area contributed by atoms with Crippen molar-refractivity contribution in [3.63, 3.8) is 0 Å². The van der Waals surface area contributed by atoms with Crippen molar-refractivity contribution in [3.05, 3.63) is 17.5 Å². The summed E-state index contributed by atoms with van der Waals surface area (Å²) >= 11 is 0. The molecule has 0 unspecified atom stereocenters. The van der Waals surface area contributed by atoms with Crippen molar-refractivity contribution in [2.24, 2.45) is 5.92 Å². The van der Waals surface area contributed by atoms with Gasteiger partial charge in [-0.25, -0.2) is 0 Å². The minimum atomic E-state index is -0.458. The van der Waals surface area contributed by atoms with E-state index in [2.05, 4.69) is 17.3 Å². The van der Waals surface area contributed by atoms with Crippen LogP contribution in [0.5, 0.6) is 0 Å². The summed E-state index contributed by atoms with van der Waals surface area (Å²) < 4.78 is 1.71. The number of nitrogens with zero attached hydrogens (tertiary/aromatic N) is 2. The fourth-order valence-electron chi connectivity index (χ4n) is 2.91. The molecule has 112 valence electrons. The normalized spacial score (nSPS) is 26.5. The number of nitrogens with one attached hydrogen (secondary N) is 1. The molecular weight excluding hydrogens is 254 g/mol. The second-order valence-corrected chi connectivity index (χ2v) is 6.06. The highest BCUT2D eigenvalue weighted by molar-refractivity contribution is 5.93. The molecule has 0 aromatic carbocycles. The molecule has 1 aliphatic carbocycles. The van der Waals surface area contributed by atoms with E-state index in [0.29, 0.717) is 18.2 Å². The number of aryl methyl sites for hydroxylation is 2. The van der Waals surface area contributed by atoms with Crippen molar-refractivity contribution in [1.29, 1.82) is 0 Å². The van der Waals surface area contributed by atoms with Gasteiger partial charge in [-0.1, -0.05) is 6.92 Å². The topological polar surface area (TPSA) is 67.2 Å². The first-order chi connectivity index (χ1) is 9.49. The molecule has 2 N–H and O–H groups in total. The number of amides is 1. The van der Waals surface area contributed by atoms with Gasteiger partial charge in [-0.05, 0) is 51.5 Å². The van der Waals surface area contributed by atoms with E-state index in [1.165, 1.54) is 0 Å². The Hall–Kier alpha value is -1.36. The van der Waals surface area contributed by atoms with Gasteiger partial charge < -0.3 is 10.4 Å². The Morgan fingerprint density at radius 2 is 2.20 bits per heavy atom. The molecule has 1 aliphatic rings. The first kappa shape index (κ1) is 15.0. The molecule has 1 amide bonds. The Balaban J connectivity index is 2.13. The average Bonchev–Trinajstić information content (AvgIpc) is 2.83. The van der Waals surface area contributed by atoms with E-state index in [0.717, 1.165) is 31.4 Å². The SMILES string of the molecule is CCn1nc(C)cc1C(=O)NC1(CO)CCC(C)CC1. The minimum absolute atomic E-state index is 0.00467. The summed E-state index contributed by atoms with van der Waals surface area (Å²) in [7, 11) is 0. The van der Waals surface area contributed by atoms with Crippen LogP contribution in [-0.2, 0) is 6.54 Å². The van der Waals surface area contributed by atoms with Crippen LogP contribution >= 0.6 is 0 Å². The largest absolute Gasteiger partial charge is 0.394 e. The Morgan fingerprint density at radius 1 is 1.55 bits per heavy atom. The molecular formula is C15H25N3O2. The van der Waals surface area contributed by atoms with E-state index in [1.807, 2.05) is 13.8 Å². The van der Waals surface area contributed by atoms with E-state index in [-0.39, 0.29) is 12.5 Å². The fourth-order valence-corrected chi connectivity index (χ4v) is 2.91. The number of rotatable bonds is 4. The molecule has 5 nitrogen and oxygen atoms in total. The molecule has 5 heteroatoms. The third-order valence-electron chi connectivity index (χ3n) is 4.35. The first-order valence-corrected chi connectivity index (χ1v) is 7.47. The van der Waals surface area contributed by atoms with Crippen LogP contribution in [0, 0.1) is 12.8 Å². The van der Waals surface area contributed by atoms with Crippen molar-refractivity contribution in [2.45, 2.75) is 58.5 Å². The van der Waals surface area contributed by atoms with Crippen LogP contribution in [0.25, 0.3) is 0 Å². The van der Waals surface area contributed by atoms with Gasteiger partial charge in [-0.2, -0.15) is 5.10 Å². The molecule has 1 heterocycles. The molecule has 0 atom stereocenters. The zero-order valence-electron chi connectivity index (χ0n) is 12.6. The number of hydrogen-bond acceptors (Lipinski definition) is 3. The van der Waals surface area contributed by atoms with Gasteiger partial charge in [0.1, 0.15) is 5.69 Å². The molecule has 1 saturated carbocycles. The lowest BCUT2D eigenvalue weighted by Gasteiger charge is -2.38. The zero-order valence-corrected chi connectivity index (χ0v) is 12.6. The second-order valence-electron chi connectivity index (χ2n) is 6.06. The van der Waals surface area contributed by atoms with E-state index in [9.17, 15) is 9.90 Å². The Kier molecular flexibility index (Phi) is 4.48. The lowest BCUT2D eigenvalue weighted by molar-refractivity contribution is 0.0708. The van der Waals surface area contributed by atoms with Gasteiger partial charge in [0.2, 0.25) is 0 Å². The molecule has 20 heavy (non-hydrogen) atoms. The van der Waals surface area contributed by atoms with Crippen LogP contribution in [0.2, 0.25) is 0 Å². The first-order valence-electron chi connectivity index (χ1n) is 7.47. The van der Waals surface area contributed by atoms with Gasteiger partial charge in [-0.3, -0.25) is 9.48 Å².